The van der Waals surface area contributed by atoms with Crippen LogP contribution in [-0.4, -0.2) is 24.1 Å². The van der Waals surface area contributed by atoms with Gasteiger partial charge in [-0.3, -0.25) is 0 Å². The van der Waals surface area contributed by atoms with Gasteiger partial charge in [-0.05, 0) is 55.6 Å². The Labute approximate surface area is 191 Å². The molecule has 0 radical (unpaired) electrons. The summed E-state index contributed by atoms with van der Waals surface area (Å²) in [5, 5.41) is 3.50. The van der Waals surface area contributed by atoms with Crippen LogP contribution in [0.3, 0.4) is 0 Å². The molecule has 2 saturated carbocycles. The zero-order valence-corrected chi connectivity index (χ0v) is 18.8. The number of aliphatic imine (C=N–C) groups is 1. The van der Waals surface area contributed by atoms with Gasteiger partial charge in [-0.1, -0.05) is 24.9 Å². The van der Waals surface area contributed by atoms with Crippen LogP contribution in [-0.2, 0) is 4.74 Å². The zero-order valence-electron chi connectivity index (χ0n) is 18.1. The Bertz CT molecular complexity index is 1060. The van der Waals surface area contributed by atoms with E-state index >= 15 is 0 Å². The van der Waals surface area contributed by atoms with E-state index in [2.05, 4.69) is 22.2 Å². The number of hydrogen-bond acceptors (Lipinski definition) is 5. The lowest BCUT2D eigenvalue weighted by Gasteiger charge is -2.18. The lowest BCUT2D eigenvalue weighted by atomic mass is 9.93. The number of nitrogens with zero attached hydrogens (tertiary/aromatic N) is 2. The van der Waals surface area contributed by atoms with Crippen molar-refractivity contribution in [2.24, 2.45) is 22.7 Å². The second-order valence-corrected chi connectivity index (χ2v) is 9.54. The van der Waals surface area contributed by atoms with E-state index in [1.807, 2.05) is 6.92 Å². The van der Waals surface area contributed by atoms with Gasteiger partial charge in [0, 0.05) is 12.1 Å². The number of ether oxygens (including phenoxy) is 2. The van der Waals surface area contributed by atoms with Crippen molar-refractivity contribution in [2.45, 2.75) is 51.7 Å². The summed E-state index contributed by atoms with van der Waals surface area (Å²) in [6.07, 6.45) is 6.51. The number of aromatic nitrogens is 1. The summed E-state index contributed by atoms with van der Waals surface area (Å²) in [5.41, 5.74) is 1.07. The molecule has 0 saturated heterocycles. The fourth-order valence-corrected chi connectivity index (χ4v) is 5.78. The summed E-state index contributed by atoms with van der Waals surface area (Å²) < 4.78 is 39.2. The number of halogens is 3. The molecule has 1 aromatic carbocycles. The highest BCUT2D eigenvalue weighted by Crippen LogP contribution is 2.48. The Morgan fingerprint density at radius 2 is 2.00 bits per heavy atom. The molecule has 2 aromatic rings. The molecule has 1 N–H and O–H groups in total. The Balaban J connectivity index is 1.31. The van der Waals surface area contributed by atoms with E-state index in [9.17, 15) is 8.78 Å². The van der Waals surface area contributed by atoms with Crippen LogP contribution in [0.5, 0.6) is 5.75 Å². The van der Waals surface area contributed by atoms with Gasteiger partial charge in [-0.25, -0.2) is 18.8 Å². The number of hydrogen-bond donors (Lipinski definition) is 1. The smallest absolute Gasteiger partial charge is 0.176 e. The molecule has 2 heterocycles. The highest BCUT2D eigenvalue weighted by atomic mass is 35.5. The minimum atomic E-state index is -0.675. The van der Waals surface area contributed by atoms with Crippen molar-refractivity contribution in [3.63, 3.8) is 0 Å². The summed E-state index contributed by atoms with van der Waals surface area (Å²) in [6, 6.07) is 3.24. The maximum Gasteiger partial charge on any atom is 0.176 e. The standard InChI is InChI=1S/C24H26ClF2N3O2/c1-12-3-4-16-15(12)5-6-20(16)32-11-28-23-13(2)7-17(25)24(30-23)29-19-10-31-21-9-14(26)8-18(27)22(19)21/h7-9,11-12,15-16,19-20H,3-6,10H2,1-2H3,(H,29,30)/b28-11+/t12?,15?,16-,19?,20?/m0/s1. The summed E-state index contributed by atoms with van der Waals surface area (Å²) in [7, 11) is 0. The first kappa shape index (κ1) is 21.4. The average molecular weight is 462 g/mol. The van der Waals surface area contributed by atoms with Gasteiger partial charge in [0.2, 0.25) is 0 Å². The van der Waals surface area contributed by atoms with Crippen molar-refractivity contribution in [2.75, 3.05) is 11.9 Å². The van der Waals surface area contributed by atoms with Gasteiger partial charge in [0.25, 0.3) is 0 Å². The third kappa shape index (κ3) is 3.91. The molecule has 5 rings (SSSR count). The first-order valence-electron chi connectivity index (χ1n) is 11.1. The molecule has 5 atom stereocenters. The minimum absolute atomic E-state index is 0.145. The monoisotopic (exact) mass is 461 g/mol. The average Bonchev–Trinajstić information content (AvgIpc) is 3.43. The molecule has 32 heavy (non-hydrogen) atoms. The van der Waals surface area contributed by atoms with E-state index < -0.39 is 17.7 Å². The molecule has 0 bridgehead atoms. The Kier molecular flexibility index (Phi) is 5.70. The third-order valence-electron chi connectivity index (χ3n) is 7.17. The van der Waals surface area contributed by atoms with E-state index in [0.717, 1.165) is 29.9 Å². The van der Waals surface area contributed by atoms with Crippen LogP contribution in [0.2, 0.25) is 5.02 Å². The third-order valence-corrected chi connectivity index (χ3v) is 7.46. The topological polar surface area (TPSA) is 55.7 Å². The van der Waals surface area contributed by atoms with Gasteiger partial charge in [-0.2, -0.15) is 0 Å². The maximum absolute atomic E-state index is 14.3. The van der Waals surface area contributed by atoms with Crippen molar-refractivity contribution in [1.29, 1.82) is 0 Å². The number of benzene rings is 1. The van der Waals surface area contributed by atoms with Gasteiger partial charge < -0.3 is 14.8 Å². The molecule has 4 unspecified atom stereocenters. The number of anilines is 1. The number of fused-ring (bicyclic) bond motifs is 2. The first-order chi connectivity index (χ1) is 15.4. The zero-order chi connectivity index (χ0) is 22.4. The molecule has 8 heteroatoms. The SMILES string of the molecule is Cc1cc(Cl)c(NC2COc3cc(F)cc(F)c32)nc1/N=C/OC1CCC2C(C)CC[C@H]12. The van der Waals surface area contributed by atoms with Crippen molar-refractivity contribution in [3.05, 3.63) is 46.0 Å². The Morgan fingerprint density at radius 3 is 2.84 bits per heavy atom. The first-order valence-corrected chi connectivity index (χ1v) is 11.5. The molecule has 2 fully saturated rings. The predicted molar refractivity (Wildman–Crippen MR) is 120 cm³/mol. The molecular weight excluding hydrogens is 436 g/mol. The van der Waals surface area contributed by atoms with Crippen molar-refractivity contribution < 1.29 is 18.3 Å². The number of pyridine rings is 1. The van der Waals surface area contributed by atoms with Gasteiger partial charge in [0.1, 0.15) is 35.9 Å². The fourth-order valence-electron chi connectivity index (χ4n) is 5.52. The minimum Gasteiger partial charge on any atom is -0.490 e. The van der Waals surface area contributed by atoms with Gasteiger partial charge in [-0.15, -0.1) is 0 Å². The van der Waals surface area contributed by atoms with Crippen LogP contribution in [0.1, 0.15) is 49.8 Å². The lowest BCUT2D eigenvalue weighted by Crippen LogP contribution is -2.19. The molecule has 3 aliphatic rings. The van der Waals surface area contributed by atoms with Crippen molar-refractivity contribution in [1.82, 2.24) is 4.98 Å². The van der Waals surface area contributed by atoms with Crippen molar-refractivity contribution in [3.8, 4) is 5.75 Å². The second-order valence-electron chi connectivity index (χ2n) is 9.14. The maximum atomic E-state index is 14.3. The summed E-state index contributed by atoms with van der Waals surface area (Å²) in [6.45, 7) is 4.36. The molecule has 1 aliphatic heterocycles. The number of rotatable bonds is 5. The van der Waals surface area contributed by atoms with Crippen LogP contribution in [0, 0.1) is 36.3 Å². The molecule has 2 aliphatic carbocycles. The molecule has 170 valence electrons. The van der Waals surface area contributed by atoms with E-state index in [1.165, 1.54) is 31.7 Å². The summed E-state index contributed by atoms with van der Waals surface area (Å²) in [5.74, 6) is 1.85. The molecule has 0 amide bonds. The lowest BCUT2D eigenvalue weighted by molar-refractivity contribution is 0.146. The van der Waals surface area contributed by atoms with Gasteiger partial charge >= 0.3 is 0 Å². The largest absolute Gasteiger partial charge is 0.490 e. The van der Waals surface area contributed by atoms with Crippen LogP contribution in [0.4, 0.5) is 20.4 Å². The Morgan fingerprint density at radius 1 is 1.19 bits per heavy atom. The molecule has 5 nitrogen and oxygen atoms in total. The van der Waals surface area contributed by atoms with E-state index in [1.54, 1.807) is 6.07 Å². The van der Waals surface area contributed by atoms with Crippen LogP contribution < -0.4 is 10.1 Å². The van der Waals surface area contributed by atoms with Gasteiger partial charge in [0.15, 0.2) is 12.2 Å². The van der Waals surface area contributed by atoms with E-state index in [-0.39, 0.29) is 24.0 Å². The fraction of sp³-hybridized carbons (Fsp3) is 0.500. The predicted octanol–water partition coefficient (Wildman–Crippen LogP) is 6.37. The highest BCUT2D eigenvalue weighted by Gasteiger charge is 2.43. The highest BCUT2D eigenvalue weighted by molar-refractivity contribution is 6.33. The molecule has 0 spiro atoms. The summed E-state index contributed by atoms with van der Waals surface area (Å²) in [4.78, 5) is 8.97. The van der Waals surface area contributed by atoms with Crippen LogP contribution in [0.25, 0.3) is 0 Å². The van der Waals surface area contributed by atoms with Crippen LogP contribution in [0.15, 0.2) is 23.2 Å². The summed E-state index contributed by atoms with van der Waals surface area (Å²) >= 11 is 6.38. The van der Waals surface area contributed by atoms with E-state index in [4.69, 9.17) is 21.1 Å². The quantitative estimate of drug-likeness (QED) is 0.415. The van der Waals surface area contributed by atoms with Crippen molar-refractivity contribution >= 4 is 29.6 Å². The number of nitrogens with one attached hydrogen (secondary N) is 1. The van der Waals surface area contributed by atoms with Crippen LogP contribution >= 0.6 is 11.6 Å². The molecular formula is C24H26ClF2N3O2. The van der Waals surface area contributed by atoms with E-state index in [0.29, 0.717) is 22.6 Å². The molecule has 1 aromatic heterocycles. The van der Waals surface area contributed by atoms with Gasteiger partial charge in [0.05, 0.1) is 16.6 Å². The second kappa shape index (κ2) is 8.50. The number of aryl methyl sites for hydroxylation is 1. The normalized spacial score (nSPS) is 28.6. The Hall–Kier alpha value is -2.41.